The molecule has 0 aliphatic carbocycles. The van der Waals surface area contributed by atoms with Crippen LogP contribution in [0.25, 0.3) is 10.8 Å². The monoisotopic (exact) mass is 228 g/mol. The zero-order valence-electron chi connectivity index (χ0n) is 10.9. The Hall–Kier alpha value is -1.63. The summed E-state index contributed by atoms with van der Waals surface area (Å²) in [5, 5.41) is 2.64. The van der Waals surface area contributed by atoms with Crippen LogP contribution in [-0.2, 0) is 4.79 Å². The molecule has 0 fully saturated rings. The maximum Gasteiger partial charge on any atom is 0.129 e. The third-order valence-electron chi connectivity index (χ3n) is 2.51. The summed E-state index contributed by atoms with van der Waals surface area (Å²) in [6, 6.07) is 14.9. The standard InChI is InChI=1S/C11H10.C5H10O/c1-9-6-7-10-4-2-3-5-11(10)8-9;1-3-4-5(2)6/h2-8H,1H3;3-4H2,1-2H3. The zero-order valence-corrected chi connectivity index (χ0v) is 10.9. The first kappa shape index (κ1) is 13.4. The van der Waals surface area contributed by atoms with Crippen LogP contribution in [0.2, 0.25) is 0 Å². The number of ketones is 1. The third kappa shape index (κ3) is 4.81. The molecule has 0 unspecified atom stereocenters. The average molecular weight is 228 g/mol. The molecule has 0 aliphatic rings. The van der Waals surface area contributed by atoms with Gasteiger partial charge in [0.25, 0.3) is 0 Å². The van der Waals surface area contributed by atoms with Gasteiger partial charge in [0.15, 0.2) is 0 Å². The van der Waals surface area contributed by atoms with Gasteiger partial charge in [-0.2, -0.15) is 0 Å². The van der Waals surface area contributed by atoms with E-state index in [0.29, 0.717) is 0 Å². The molecule has 0 amide bonds. The zero-order chi connectivity index (χ0) is 12.7. The minimum Gasteiger partial charge on any atom is -0.300 e. The van der Waals surface area contributed by atoms with Crippen LogP contribution in [0.1, 0.15) is 32.3 Å². The van der Waals surface area contributed by atoms with E-state index in [-0.39, 0.29) is 5.78 Å². The number of benzene rings is 2. The molecule has 90 valence electrons. The Bertz CT molecular complexity index is 486. The van der Waals surface area contributed by atoms with E-state index < -0.39 is 0 Å². The van der Waals surface area contributed by atoms with Gasteiger partial charge in [0.05, 0.1) is 0 Å². The van der Waals surface area contributed by atoms with Gasteiger partial charge in [0.1, 0.15) is 5.78 Å². The predicted molar refractivity (Wildman–Crippen MR) is 74.3 cm³/mol. The van der Waals surface area contributed by atoms with Gasteiger partial charge >= 0.3 is 0 Å². The summed E-state index contributed by atoms with van der Waals surface area (Å²) in [5.74, 6) is 0.289. The van der Waals surface area contributed by atoms with Crippen molar-refractivity contribution in [2.24, 2.45) is 0 Å². The molecule has 0 spiro atoms. The molecule has 1 nitrogen and oxygen atoms in total. The fraction of sp³-hybridized carbons (Fsp3) is 0.312. The second-order valence-corrected chi connectivity index (χ2v) is 4.30. The van der Waals surface area contributed by atoms with Gasteiger partial charge < -0.3 is 4.79 Å². The van der Waals surface area contributed by atoms with Gasteiger partial charge in [-0.1, -0.05) is 55.0 Å². The van der Waals surface area contributed by atoms with Crippen LogP contribution >= 0.6 is 0 Å². The fourth-order valence-electron chi connectivity index (χ4n) is 1.66. The second-order valence-electron chi connectivity index (χ2n) is 4.30. The molecule has 1 heteroatoms. The van der Waals surface area contributed by atoms with Crippen molar-refractivity contribution in [3.63, 3.8) is 0 Å². The Morgan fingerprint density at radius 1 is 1.06 bits per heavy atom. The summed E-state index contributed by atoms with van der Waals surface area (Å²) in [6.07, 6.45) is 1.72. The number of rotatable bonds is 2. The first-order valence-electron chi connectivity index (χ1n) is 6.08. The topological polar surface area (TPSA) is 17.1 Å². The summed E-state index contributed by atoms with van der Waals surface area (Å²) in [7, 11) is 0. The molecule has 0 aromatic heterocycles. The highest BCUT2D eigenvalue weighted by atomic mass is 16.1. The molecule has 0 heterocycles. The number of hydrogen-bond acceptors (Lipinski definition) is 1. The highest BCUT2D eigenvalue weighted by Crippen LogP contribution is 2.14. The lowest BCUT2D eigenvalue weighted by atomic mass is 10.1. The van der Waals surface area contributed by atoms with Gasteiger partial charge in [0, 0.05) is 6.42 Å². The van der Waals surface area contributed by atoms with E-state index in [1.54, 1.807) is 6.92 Å². The van der Waals surface area contributed by atoms with Crippen molar-refractivity contribution in [2.75, 3.05) is 0 Å². The molecule has 0 aliphatic heterocycles. The van der Waals surface area contributed by atoms with Crippen molar-refractivity contribution in [3.8, 4) is 0 Å². The van der Waals surface area contributed by atoms with Crippen LogP contribution in [-0.4, -0.2) is 5.78 Å². The first-order valence-corrected chi connectivity index (χ1v) is 6.08. The van der Waals surface area contributed by atoms with E-state index in [9.17, 15) is 4.79 Å². The molecule has 0 atom stereocenters. The van der Waals surface area contributed by atoms with Crippen molar-refractivity contribution in [2.45, 2.75) is 33.6 Å². The summed E-state index contributed by atoms with van der Waals surface area (Å²) >= 11 is 0. The van der Waals surface area contributed by atoms with Crippen molar-refractivity contribution < 1.29 is 4.79 Å². The molecule has 0 radical (unpaired) electrons. The Balaban J connectivity index is 0.000000209. The first-order chi connectivity index (χ1) is 8.13. The van der Waals surface area contributed by atoms with E-state index in [0.717, 1.165) is 12.8 Å². The molecule has 0 N–H and O–H groups in total. The van der Waals surface area contributed by atoms with Gasteiger partial charge in [-0.25, -0.2) is 0 Å². The highest BCUT2D eigenvalue weighted by Gasteiger charge is 1.89. The van der Waals surface area contributed by atoms with Crippen LogP contribution < -0.4 is 0 Å². The maximum atomic E-state index is 10.0. The highest BCUT2D eigenvalue weighted by molar-refractivity contribution is 5.82. The molecular formula is C16H20O. The van der Waals surface area contributed by atoms with E-state index in [4.69, 9.17) is 0 Å². The lowest BCUT2D eigenvalue weighted by Gasteiger charge is -1.96. The smallest absolute Gasteiger partial charge is 0.129 e. The molecule has 0 saturated carbocycles. The Labute approximate surface area is 103 Å². The number of carbonyl (C=O) groups excluding carboxylic acids is 1. The third-order valence-corrected chi connectivity index (χ3v) is 2.51. The van der Waals surface area contributed by atoms with E-state index in [1.165, 1.54) is 16.3 Å². The van der Waals surface area contributed by atoms with Gasteiger partial charge in [-0.05, 0) is 31.0 Å². The number of hydrogen-bond donors (Lipinski definition) is 0. The molecular weight excluding hydrogens is 208 g/mol. The molecule has 0 saturated heterocycles. The van der Waals surface area contributed by atoms with E-state index >= 15 is 0 Å². The maximum absolute atomic E-state index is 10.0. The van der Waals surface area contributed by atoms with E-state index in [2.05, 4.69) is 49.4 Å². The van der Waals surface area contributed by atoms with Gasteiger partial charge in [-0.15, -0.1) is 0 Å². The Morgan fingerprint density at radius 2 is 1.71 bits per heavy atom. The minimum absolute atomic E-state index is 0.289. The summed E-state index contributed by atoms with van der Waals surface area (Å²) in [4.78, 5) is 10.0. The largest absolute Gasteiger partial charge is 0.300 e. The van der Waals surface area contributed by atoms with Crippen LogP contribution in [0, 0.1) is 6.92 Å². The fourth-order valence-corrected chi connectivity index (χ4v) is 1.66. The van der Waals surface area contributed by atoms with Crippen molar-refractivity contribution in [1.82, 2.24) is 0 Å². The molecule has 2 aromatic rings. The number of carbonyl (C=O) groups is 1. The lowest BCUT2D eigenvalue weighted by molar-refractivity contribution is -0.117. The molecule has 0 bridgehead atoms. The summed E-state index contributed by atoms with van der Waals surface area (Å²) in [5.41, 5.74) is 1.32. The van der Waals surface area contributed by atoms with Gasteiger partial charge in [-0.3, -0.25) is 0 Å². The van der Waals surface area contributed by atoms with Crippen LogP contribution in [0.15, 0.2) is 42.5 Å². The number of Topliss-reactive ketones (excluding diaryl/α,β-unsaturated/α-hetero) is 1. The molecule has 2 aromatic carbocycles. The van der Waals surface area contributed by atoms with Crippen molar-refractivity contribution in [3.05, 3.63) is 48.0 Å². The normalized spacial score (nSPS) is 9.59. The van der Waals surface area contributed by atoms with Gasteiger partial charge in [0.2, 0.25) is 0 Å². The lowest BCUT2D eigenvalue weighted by Crippen LogP contribution is -1.84. The SMILES string of the molecule is CCCC(C)=O.Cc1ccc2ccccc2c1. The summed E-state index contributed by atoms with van der Waals surface area (Å²) in [6.45, 7) is 5.73. The van der Waals surface area contributed by atoms with Crippen LogP contribution in [0.3, 0.4) is 0 Å². The van der Waals surface area contributed by atoms with Crippen molar-refractivity contribution in [1.29, 1.82) is 0 Å². The number of fused-ring (bicyclic) bond motifs is 1. The second kappa shape index (κ2) is 6.85. The van der Waals surface area contributed by atoms with E-state index in [1.807, 2.05) is 6.92 Å². The van der Waals surface area contributed by atoms with Crippen molar-refractivity contribution >= 4 is 16.6 Å². The molecule has 17 heavy (non-hydrogen) atoms. The molecule has 2 rings (SSSR count). The minimum atomic E-state index is 0.289. The van der Waals surface area contributed by atoms with Crippen LogP contribution in [0.4, 0.5) is 0 Å². The van der Waals surface area contributed by atoms with Crippen LogP contribution in [0.5, 0.6) is 0 Å². The average Bonchev–Trinajstić information content (AvgIpc) is 2.29. The quantitative estimate of drug-likeness (QED) is 0.738. The Kier molecular flexibility index (Phi) is 5.41. The summed E-state index contributed by atoms with van der Waals surface area (Å²) < 4.78 is 0. The predicted octanol–water partition coefficient (Wildman–Crippen LogP) is 4.52. The number of aryl methyl sites for hydroxylation is 1. The Morgan fingerprint density at radius 3 is 2.24 bits per heavy atom.